The Bertz CT molecular complexity index is 1150. The average molecular weight is 417 g/mol. The zero-order chi connectivity index (χ0) is 20.9. The fourth-order valence-electron chi connectivity index (χ4n) is 3.73. The molecular weight excluding hydrogens is 392 g/mol. The first kappa shape index (κ1) is 20.0. The van der Waals surface area contributed by atoms with Gasteiger partial charge in [-0.25, -0.2) is 0 Å². The molecule has 4 rings (SSSR count). The van der Waals surface area contributed by atoms with Crippen LogP contribution in [0.2, 0.25) is 0 Å². The van der Waals surface area contributed by atoms with Crippen molar-refractivity contribution >= 4 is 38.8 Å². The monoisotopic (exact) mass is 416 g/mol. The molecule has 30 heavy (non-hydrogen) atoms. The third-order valence-electron chi connectivity index (χ3n) is 5.19. The van der Waals surface area contributed by atoms with E-state index in [1.807, 2.05) is 54.6 Å². The van der Waals surface area contributed by atoms with Crippen LogP contribution in [0.3, 0.4) is 0 Å². The average Bonchev–Trinajstić information content (AvgIpc) is 3.17. The van der Waals surface area contributed by atoms with Crippen molar-refractivity contribution in [2.45, 2.75) is 25.9 Å². The summed E-state index contributed by atoms with van der Waals surface area (Å²) in [5.41, 5.74) is 5.35. The van der Waals surface area contributed by atoms with Crippen molar-refractivity contribution in [1.29, 1.82) is 0 Å². The number of thiophene rings is 1. The third-order valence-corrected chi connectivity index (χ3v) is 6.19. The lowest BCUT2D eigenvalue weighted by Gasteiger charge is -2.21. The number of carbonyl (C=O) groups is 1. The quantitative estimate of drug-likeness (QED) is 0.309. The summed E-state index contributed by atoms with van der Waals surface area (Å²) in [5, 5.41) is 19.9. The van der Waals surface area contributed by atoms with E-state index in [-0.39, 0.29) is 12.5 Å². The van der Waals surface area contributed by atoms with Gasteiger partial charge in [-0.1, -0.05) is 54.6 Å². The molecule has 1 heterocycles. The van der Waals surface area contributed by atoms with Gasteiger partial charge in [-0.05, 0) is 47.2 Å². The number of carboxylic acid groups (broad SMARTS) is 1. The predicted molar refractivity (Wildman–Crippen MR) is 125 cm³/mol. The summed E-state index contributed by atoms with van der Waals surface area (Å²) in [6.07, 6.45) is 0.00666. The number of para-hydroxylation sites is 2. The van der Waals surface area contributed by atoms with Gasteiger partial charge in [-0.15, -0.1) is 11.3 Å². The molecule has 0 amide bonds. The number of anilines is 2. The van der Waals surface area contributed by atoms with Crippen LogP contribution < -0.4 is 10.6 Å². The lowest BCUT2D eigenvalue weighted by Crippen LogP contribution is -2.16. The summed E-state index contributed by atoms with van der Waals surface area (Å²) >= 11 is 1.76. The van der Waals surface area contributed by atoms with Crippen molar-refractivity contribution in [3.05, 3.63) is 94.9 Å². The molecule has 1 atom stereocenters. The van der Waals surface area contributed by atoms with Crippen LogP contribution in [0.4, 0.5) is 11.4 Å². The number of rotatable bonds is 8. The molecule has 1 aromatic heterocycles. The summed E-state index contributed by atoms with van der Waals surface area (Å²) in [5.74, 6) is -0.831. The number of aryl methyl sites for hydroxylation is 1. The second kappa shape index (κ2) is 9.01. The Kier molecular flexibility index (Phi) is 6.00. The highest BCUT2D eigenvalue weighted by Crippen LogP contribution is 2.32. The van der Waals surface area contributed by atoms with Crippen LogP contribution >= 0.6 is 11.3 Å². The Morgan fingerprint density at radius 2 is 1.70 bits per heavy atom. The maximum atomic E-state index is 11.4. The Hall–Kier alpha value is -3.31. The first-order valence-electron chi connectivity index (χ1n) is 9.93. The fraction of sp³-hybridized carbons (Fsp3) is 0.160. The van der Waals surface area contributed by atoms with Crippen LogP contribution in [0.25, 0.3) is 10.1 Å². The molecule has 0 aliphatic carbocycles. The van der Waals surface area contributed by atoms with E-state index in [0.29, 0.717) is 6.54 Å². The first-order chi connectivity index (χ1) is 14.6. The highest BCUT2D eigenvalue weighted by atomic mass is 32.1. The van der Waals surface area contributed by atoms with Gasteiger partial charge in [0.05, 0.1) is 23.8 Å². The summed E-state index contributed by atoms with van der Waals surface area (Å²) in [6.45, 7) is 2.85. The highest BCUT2D eigenvalue weighted by molar-refractivity contribution is 7.17. The van der Waals surface area contributed by atoms with E-state index in [0.717, 1.165) is 16.9 Å². The molecule has 152 valence electrons. The Balaban J connectivity index is 1.56. The van der Waals surface area contributed by atoms with Crippen LogP contribution in [-0.4, -0.2) is 11.1 Å². The standard InChI is InChI=1S/C25H24N2O2S/c1-17-8-7-13-23-25(17)19(16-30-23)15-26-20-11-5-6-12-21(20)27-22(14-24(28)29)18-9-3-2-4-10-18/h2-13,16,22,26-27H,14-15H2,1H3,(H,28,29)/t22-/m1/s1. The zero-order valence-electron chi connectivity index (χ0n) is 16.8. The molecule has 0 bridgehead atoms. The second-order valence-corrected chi connectivity index (χ2v) is 8.22. The van der Waals surface area contributed by atoms with Gasteiger partial charge in [-0.3, -0.25) is 4.79 Å². The molecule has 5 heteroatoms. The van der Waals surface area contributed by atoms with Crippen LogP contribution in [0, 0.1) is 6.92 Å². The van der Waals surface area contributed by atoms with Gasteiger partial charge in [-0.2, -0.15) is 0 Å². The van der Waals surface area contributed by atoms with Crippen molar-refractivity contribution in [3.63, 3.8) is 0 Å². The van der Waals surface area contributed by atoms with Gasteiger partial charge in [0, 0.05) is 16.6 Å². The minimum Gasteiger partial charge on any atom is -0.481 e. The van der Waals surface area contributed by atoms with Crippen molar-refractivity contribution in [1.82, 2.24) is 0 Å². The van der Waals surface area contributed by atoms with Crippen molar-refractivity contribution in [3.8, 4) is 0 Å². The zero-order valence-corrected chi connectivity index (χ0v) is 17.6. The summed E-state index contributed by atoms with van der Waals surface area (Å²) < 4.78 is 1.30. The normalized spacial score (nSPS) is 11.9. The number of carboxylic acids is 1. The van der Waals surface area contributed by atoms with Crippen LogP contribution in [0.1, 0.15) is 29.2 Å². The molecule has 4 nitrogen and oxygen atoms in total. The Morgan fingerprint density at radius 1 is 0.967 bits per heavy atom. The molecule has 0 unspecified atom stereocenters. The molecular formula is C25H24N2O2S. The van der Waals surface area contributed by atoms with Crippen molar-refractivity contribution in [2.75, 3.05) is 10.6 Å². The number of hydrogen-bond acceptors (Lipinski definition) is 4. The molecule has 0 radical (unpaired) electrons. The molecule has 4 aromatic rings. The smallest absolute Gasteiger partial charge is 0.305 e. The number of aliphatic carboxylic acids is 1. The number of hydrogen-bond donors (Lipinski definition) is 3. The summed E-state index contributed by atoms with van der Waals surface area (Å²) in [4.78, 5) is 11.4. The predicted octanol–water partition coefficient (Wildman–Crippen LogP) is 6.45. The second-order valence-electron chi connectivity index (χ2n) is 7.31. The molecule has 0 saturated carbocycles. The number of benzene rings is 3. The van der Waals surface area contributed by atoms with Crippen molar-refractivity contribution < 1.29 is 9.90 Å². The largest absolute Gasteiger partial charge is 0.481 e. The maximum absolute atomic E-state index is 11.4. The lowest BCUT2D eigenvalue weighted by atomic mass is 10.0. The molecule has 3 N–H and O–H groups in total. The van der Waals surface area contributed by atoms with Gasteiger partial charge < -0.3 is 15.7 Å². The number of nitrogens with one attached hydrogen (secondary N) is 2. The third kappa shape index (κ3) is 4.47. The van der Waals surface area contributed by atoms with E-state index in [2.05, 4.69) is 41.1 Å². The number of fused-ring (bicyclic) bond motifs is 1. The van der Waals surface area contributed by atoms with E-state index in [4.69, 9.17) is 0 Å². The van der Waals surface area contributed by atoms with E-state index in [1.54, 1.807) is 11.3 Å². The topological polar surface area (TPSA) is 61.4 Å². The van der Waals surface area contributed by atoms with E-state index in [9.17, 15) is 9.90 Å². The molecule has 0 aliphatic rings. The van der Waals surface area contributed by atoms with Gasteiger partial charge in [0.25, 0.3) is 0 Å². The van der Waals surface area contributed by atoms with E-state index < -0.39 is 5.97 Å². The van der Waals surface area contributed by atoms with E-state index >= 15 is 0 Å². The highest BCUT2D eigenvalue weighted by Gasteiger charge is 2.17. The molecule has 0 spiro atoms. The maximum Gasteiger partial charge on any atom is 0.305 e. The minimum atomic E-state index is -0.831. The SMILES string of the molecule is Cc1cccc2scc(CNc3ccccc3N[C@H](CC(=O)O)c3ccccc3)c12. The summed E-state index contributed by atoms with van der Waals surface area (Å²) in [6, 6.07) is 23.7. The Morgan fingerprint density at radius 3 is 2.47 bits per heavy atom. The van der Waals surface area contributed by atoms with Gasteiger partial charge >= 0.3 is 5.97 Å². The minimum absolute atomic E-state index is 0.00666. The van der Waals surface area contributed by atoms with Gasteiger partial charge in [0.1, 0.15) is 0 Å². The summed E-state index contributed by atoms with van der Waals surface area (Å²) in [7, 11) is 0. The van der Waals surface area contributed by atoms with Gasteiger partial charge in [0.2, 0.25) is 0 Å². The van der Waals surface area contributed by atoms with Crippen LogP contribution in [0.15, 0.2) is 78.2 Å². The fourth-order valence-corrected chi connectivity index (χ4v) is 4.77. The molecule has 0 aliphatic heterocycles. The van der Waals surface area contributed by atoms with E-state index in [1.165, 1.54) is 21.2 Å². The Labute approximate surface area is 180 Å². The van der Waals surface area contributed by atoms with Crippen LogP contribution in [-0.2, 0) is 11.3 Å². The first-order valence-corrected chi connectivity index (χ1v) is 10.8. The molecule has 0 saturated heterocycles. The molecule has 3 aromatic carbocycles. The van der Waals surface area contributed by atoms with Crippen molar-refractivity contribution in [2.24, 2.45) is 0 Å². The van der Waals surface area contributed by atoms with Gasteiger partial charge in [0.15, 0.2) is 0 Å². The van der Waals surface area contributed by atoms with Crippen LogP contribution in [0.5, 0.6) is 0 Å². The molecule has 0 fully saturated rings. The lowest BCUT2D eigenvalue weighted by molar-refractivity contribution is -0.137.